The molecule has 6 nitrogen and oxygen atoms in total. The first-order chi connectivity index (χ1) is 13.8. The number of nitrogens with one attached hydrogen (secondary N) is 1. The molecule has 1 aromatic heterocycles. The summed E-state index contributed by atoms with van der Waals surface area (Å²) in [6, 6.07) is 8.77. The maximum absolute atomic E-state index is 12.8. The highest BCUT2D eigenvalue weighted by Gasteiger charge is 2.26. The van der Waals surface area contributed by atoms with Crippen molar-refractivity contribution in [3.05, 3.63) is 46.7 Å². The van der Waals surface area contributed by atoms with Crippen molar-refractivity contribution in [1.29, 1.82) is 0 Å². The Balaban J connectivity index is 1.66. The van der Waals surface area contributed by atoms with Crippen LogP contribution in [0.2, 0.25) is 0 Å². The molecule has 2 aromatic rings. The number of piperazine rings is 1. The molecule has 1 unspecified atom stereocenters. The molecule has 0 radical (unpaired) electrons. The van der Waals surface area contributed by atoms with E-state index < -0.39 is 10.0 Å². The maximum Gasteiger partial charge on any atom is 0.240 e. The topological polar surface area (TPSA) is 61.9 Å². The van der Waals surface area contributed by atoms with Crippen molar-refractivity contribution in [2.45, 2.75) is 24.8 Å². The Morgan fingerprint density at radius 3 is 2.38 bits per heavy atom. The molecular weight excluding hydrogens is 406 g/mol. The van der Waals surface area contributed by atoms with Crippen LogP contribution in [0.25, 0.3) is 0 Å². The Kier molecular flexibility index (Phi) is 7.70. The minimum Gasteiger partial charge on any atom is -0.493 e. The number of thiophene rings is 1. The third-order valence-electron chi connectivity index (χ3n) is 5.09. The lowest BCUT2D eigenvalue weighted by molar-refractivity contribution is 0.113. The predicted molar refractivity (Wildman–Crippen MR) is 118 cm³/mol. The van der Waals surface area contributed by atoms with Gasteiger partial charge < -0.3 is 9.64 Å². The molecule has 1 saturated heterocycles. The zero-order valence-electron chi connectivity index (χ0n) is 17.4. The summed E-state index contributed by atoms with van der Waals surface area (Å²) in [6.45, 7) is 8.96. The van der Waals surface area contributed by atoms with E-state index in [0.717, 1.165) is 26.2 Å². The molecule has 1 N–H and O–H groups in total. The normalized spacial score (nSPS) is 17.5. The van der Waals surface area contributed by atoms with Crippen LogP contribution in [0, 0.1) is 5.92 Å². The van der Waals surface area contributed by atoms with Gasteiger partial charge in [0.05, 0.1) is 11.5 Å². The van der Waals surface area contributed by atoms with Crippen LogP contribution in [0.3, 0.4) is 0 Å². The van der Waals surface area contributed by atoms with Crippen LogP contribution in [0.4, 0.5) is 0 Å². The van der Waals surface area contributed by atoms with E-state index in [0.29, 0.717) is 24.8 Å². The smallest absolute Gasteiger partial charge is 0.240 e. The summed E-state index contributed by atoms with van der Waals surface area (Å²) in [6.07, 6.45) is 0. The van der Waals surface area contributed by atoms with Gasteiger partial charge in [-0.2, -0.15) is 11.3 Å². The molecule has 1 fully saturated rings. The Morgan fingerprint density at radius 2 is 1.79 bits per heavy atom. The summed E-state index contributed by atoms with van der Waals surface area (Å²) in [5.74, 6) is 1.11. The summed E-state index contributed by atoms with van der Waals surface area (Å²) in [5.41, 5.74) is 1.17. The van der Waals surface area contributed by atoms with Crippen LogP contribution in [0.1, 0.15) is 25.5 Å². The molecule has 1 aliphatic heterocycles. The number of benzene rings is 1. The van der Waals surface area contributed by atoms with Crippen molar-refractivity contribution >= 4 is 21.4 Å². The van der Waals surface area contributed by atoms with Crippen LogP contribution in [0.15, 0.2) is 46.0 Å². The van der Waals surface area contributed by atoms with Gasteiger partial charge in [0, 0.05) is 38.8 Å². The number of hydrogen-bond donors (Lipinski definition) is 1. The van der Waals surface area contributed by atoms with E-state index in [2.05, 4.69) is 46.9 Å². The van der Waals surface area contributed by atoms with Gasteiger partial charge in [-0.25, -0.2) is 13.1 Å². The first-order valence-electron chi connectivity index (χ1n) is 10.0. The van der Waals surface area contributed by atoms with Gasteiger partial charge in [-0.15, -0.1) is 0 Å². The fourth-order valence-electron chi connectivity index (χ4n) is 3.31. The molecule has 3 rings (SSSR count). The Morgan fingerprint density at radius 1 is 1.10 bits per heavy atom. The lowest BCUT2D eigenvalue weighted by atomic mass is 10.1. The van der Waals surface area contributed by atoms with Gasteiger partial charge >= 0.3 is 0 Å². The molecule has 1 atom stereocenters. The van der Waals surface area contributed by atoms with Gasteiger partial charge in [0.1, 0.15) is 5.75 Å². The van der Waals surface area contributed by atoms with Gasteiger partial charge in [-0.1, -0.05) is 13.8 Å². The second-order valence-electron chi connectivity index (χ2n) is 7.94. The van der Waals surface area contributed by atoms with Crippen molar-refractivity contribution in [1.82, 2.24) is 14.5 Å². The minimum atomic E-state index is -3.58. The summed E-state index contributed by atoms with van der Waals surface area (Å²) in [5, 5.41) is 4.15. The van der Waals surface area contributed by atoms with E-state index in [4.69, 9.17) is 4.74 Å². The monoisotopic (exact) mass is 437 g/mol. The van der Waals surface area contributed by atoms with E-state index in [9.17, 15) is 8.42 Å². The fourth-order valence-corrected chi connectivity index (χ4v) is 5.05. The van der Waals surface area contributed by atoms with Gasteiger partial charge in [0.15, 0.2) is 0 Å². The second-order valence-corrected chi connectivity index (χ2v) is 10.5. The maximum atomic E-state index is 12.8. The highest BCUT2D eigenvalue weighted by atomic mass is 32.2. The van der Waals surface area contributed by atoms with Crippen LogP contribution in [-0.4, -0.2) is 64.6 Å². The van der Waals surface area contributed by atoms with E-state index in [-0.39, 0.29) is 10.9 Å². The van der Waals surface area contributed by atoms with Crippen LogP contribution in [-0.2, 0) is 10.0 Å². The summed E-state index contributed by atoms with van der Waals surface area (Å²) in [4.78, 5) is 4.93. The SMILES string of the molecule is CC(C)COc1ccc(S(=O)(=O)NCC(c2ccsc2)N2CCN(C)CC2)cc1. The third-order valence-corrected chi connectivity index (χ3v) is 7.23. The molecule has 29 heavy (non-hydrogen) atoms. The lowest BCUT2D eigenvalue weighted by Crippen LogP contribution is -2.48. The lowest BCUT2D eigenvalue weighted by Gasteiger charge is -2.37. The molecule has 0 amide bonds. The zero-order valence-corrected chi connectivity index (χ0v) is 19.0. The third kappa shape index (κ3) is 6.26. The number of sulfonamides is 1. The zero-order chi connectivity index (χ0) is 20.9. The van der Waals surface area contributed by atoms with E-state index in [1.807, 2.05) is 5.38 Å². The molecular formula is C21H31N3O3S2. The molecule has 0 bridgehead atoms. The highest BCUT2D eigenvalue weighted by molar-refractivity contribution is 7.89. The summed E-state index contributed by atoms with van der Waals surface area (Å²) < 4.78 is 34.2. The van der Waals surface area contributed by atoms with Crippen molar-refractivity contribution in [3.63, 3.8) is 0 Å². The number of likely N-dealkylation sites (N-methyl/N-ethyl adjacent to an activating group) is 1. The largest absolute Gasteiger partial charge is 0.493 e. The molecule has 2 heterocycles. The van der Waals surface area contributed by atoms with Gasteiger partial charge in [-0.05, 0) is 59.6 Å². The van der Waals surface area contributed by atoms with Crippen molar-refractivity contribution in [2.24, 2.45) is 5.92 Å². The van der Waals surface area contributed by atoms with Crippen molar-refractivity contribution in [2.75, 3.05) is 46.4 Å². The van der Waals surface area contributed by atoms with E-state index >= 15 is 0 Å². The van der Waals surface area contributed by atoms with Crippen LogP contribution < -0.4 is 9.46 Å². The summed E-state index contributed by atoms with van der Waals surface area (Å²) in [7, 11) is -1.46. The first kappa shape index (κ1) is 22.2. The quantitative estimate of drug-likeness (QED) is 0.653. The van der Waals surface area contributed by atoms with E-state index in [1.54, 1.807) is 35.6 Å². The molecule has 0 saturated carbocycles. The number of hydrogen-bond acceptors (Lipinski definition) is 6. The molecule has 0 aliphatic carbocycles. The van der Waals surface area contributed by atoms with Crippen LogP contribution >= 0.6 is 11.3 Å². The van der Waals surface area contributed by atoms with Crippen LogP contribution in [0.5, 0.6) is 5.75 Å². The number of rotatable bonds is 9. The molecule has 1 aromatic carbocycles. The highest BCUT2D eigenvalue weighted by Crippen LogP contribution is 2.24. The molecule has 8 heteroatoms. The predicted octanol–water partition coefficient (Wildman–Crippen LogP) is 3.05. The van der Waals surface area contributed by atoms with Gasteiger partial charge in [-0.3, -0.25) is 4.90 Å². The Labute approximate surface area is 178 Å². The number of nitrogens with zero attached hydrogens (tertiary/aromatic N) is 2. The molecule has 0 spiro atoms. The summed E-state index contributed by atoms with van der Waals surface area (Å²) >= 11 is 1.64. The Bertz CT molecular complexity index is 844. The van der Waals surface area contributed by atoms with E-state index in [1.165, 1.54) is 5.56 Å². The van der Waals surface area contributed by atoms with Gasteiger partial charge in [0.2, 0.25) is 10.0 Å². The van der Waals surface area contributed by atoms with Crippen molar-refractivity contribution in [3.8, 4) is 5.75 Å². The second kappa shape index (κ2) is 10.0. The van der Waals surface area contributed by atoms with Crippen molar-refractivity contribution < 1.29 is 13.2 Å². The fraction of sp³-hybridized carbons (Fsp3) is 0.524. The first-order valence-corrected chi connectivity index (χ1v) is 12.4. The average molecular weight is 438 g/mol. The minimum absolute atomic E-state index is 0.0402. The average Bonchev–Trinajstić information content (AvgIpc) is 3.22. The standard InChI is InChI=1S/C21H31N3O3S2/c1-17(2)15-27-19-4-6-20(7-5-19)29(25,26)22-14-21(18-8-13-28-16-18)24-11-9-23(3)10-12-24/h4-8,13,16-17,21-22H,9-12,14-15H2,1-3H3. The molecule has 160 valence electrons. The van der Waals surface area contributed by atoms with Gasteiger partial charge in [0.25, 0.3) is 0 Å². The Hall–Kier alpha value is -1.45. The molecule has 1 aliphatic rings. The number of ether oxygens (including phenoxy) is 1.